The molecule has 0 unspecified atom stereocenters. The van der Waals surface area contributed by atoms with Crippen LogP contribution in [0.5, 0.6) is 5.75 Å². The molecule has 20 heavy (non-hydrogen) atoms. The Balaban J connectivity index is 2.01. The molecule has 4 heteroatoms. The van der Waals surface area contributed by atoms with E-state index in [1.807, 2.05) is 30.3 Å². The van der Waals surface area contributed by atoms with Gasteiger partial charge in [-0.25, -0.2) is 0 Å². The van der Waals surface area contributed by atoms with Crippen LogP contribution in [0, 0.1) is 5.41 Å². The minimum atomic E-state index is -0.204. The van der Waals surface area contributed by atoms with Crippen LogP contribution in [-0.2, 0) is 14.2 Å². The first-order valence-electron chi connectivity index (χ1n) is 6.78. The summed E-state index contributed by atoms with van der Waals surface area (Å²) in [6.07, 6.45) is 3.31. The van der Waals surface area contributed by atoms with Gasteiger partial charge >= 0.3 is 0 Å². The van der Waals surface area contributed by atoms with E-state index in [4.69, 9.17) is 18.9 Å². The summed E-state index contributed by atoms with van der Waals surface area (Å²) in [5.74, 6) is 0.826. The molecule has 0 amide bonds. The van der Waals surface area contributed by atoms with Crippen LogP contribution in [0.2, 0.25) is 0 Å². The van der Waals surface area contributed by atoms with Crippen molar-refractivity contribution in [3.63, 3.8) is 0 Å². The Morgan fingerprint density at radius 2 is 1.95 bits per heavy atom. The smallest absolute Gasteiger partial charge is 0.166 e. The highest BCUT2D eigenvalue weighted by Crippen LogP contribution is 2.29. The lowest BCUT2D eigenvalue weighted by Crippen LogP contribution is -2.35. The molecule has 1 fully saturated rings. The van der Waals surface area contributed by atoms with E-state index >= 15 is 0 Å². The second-order valence-electron chi connectivity index (χ2n) is 5.43. The molecule has 0 bridgehead atoms. The van der Waals surface area contributed by atoms with Gasteiger partial charge in [-0.1, -0.05) is 32.0 Å². The maximum atomic E-state index is 5.94. The van der Waals surface area contributed by atoms with Crippen molar-refractivity contribution in [2.24, 2.45) is 5.41 Å². The zero-order chi connectivity index (χ0) is 14.4. The van der Waals surface area contributed by atoms with E-state index in [-0.39, 0.29) is 11.7 Å². The van der Waals surface area contributed by atoms with Crippen LogP contribution in [0.3, 0.4) is 0 Å². The highest BCUT2D eigenvalue weighted by Gasteiger charge is 2.35. The van der Waals surface area contributed by atoms with Gasteiger partial charge in [0.05, 0.1) is 33.2 Å². The summed E-state index contributed by atoms with van der Waals surface area (Å²) in [6.45, 7) is 5.99. The van der Waals surface area contributed by atoms with Gasteiger partial charge in [-0.15, -0.1) is 0 Å². The molecule has 0 N–H and O–H groups in total. The van der Waals surface area contributed by atoms with E-state index in [1.165, 1.54) is 0 Å². The number of methoxy groups -OCH3 is 1. The SMILES string of the molecule is COC=Cc1ccccc1OCC(C)(C)C1OCCO1. The second-order valence-corrected chi connectivity index (χ2v) is 5.43. The Morgan fingerprint density at radius 3 is 2.65 bits per heavy atom. The molecular formula is C16H22O4. The summed E-state index contributed by atoms with van der Waals surface area (Å²) in [7, 11) is 1.62. The van der Waals surface area contributed by atoms with Crippen molar-refractivity contribution >= 4 is 6.08 Å². The first-order valence-corrected chi connectivity index (χ1v) is 6.78. The summed E-state index contributed by atoms with van der Waals surface area (Å²) in [5.41, 5.74) is 0.785. The average molecular weight is 278 g/mol. The molecule has 0 aromatic heterocycles. The normalized spacial score (nSPS) is 16.8. The van der Waals surface area contributed by atoms with Crippen molar-refractivity contribution in [2.45, 2.75) is 20.1 Å². The van der Waals surface area contributed by atoms with Gasteiger partial charge in [0.1, 0.15) is 5.75 Å². The molecule has 1 heterocycles. The van der Waals surface area contributed by atoms with Crippen molar-refractivity contribution in [3.8, 4) is 5.75 Å². The van der Waals surface area contributed by atoms with Crippen LogP contribution in [0.1, 0.15) is 19.4 Å². The van der Waals surface area contributed by atoms with E-state index in [0.717, 1.165) is 11.3 Å². The van der Waals surface area contributed by atoms with Crippen LogP contribution < -0.4 is 4.74 Å². The lowest BCUT2D eigenvalue weighted by molar-refractivity contribution is -0.131. The summed E-state index contributed by atoms with van der Waals surface area (Å²) in [4.78, 5) is 0. The van der Waals surface area contributed by atoms with Crippen LogP contribution in [0.25, 0.3) is 6.08 Å². The molecule has 1 aromatic rings. The molecule has 2 rings (SSSR count). The van der Waals surface area contributed by atoms with Gasteiger partial charge in [0.2, 0.25) is 0 Å². The van der Waals surface area contributed by atoms with Crippen molar-refractivity contribution in [3.05, 3.63) is 36.1 Å². The van der Waals surface area contributed by atoms with Crippen molar-refractivity contribution in [1.82, 2.24) is 0 Å². The Kier molecular flexibility index (Phi) is 5.04. The summed E-state index contributed by atoms with van der Waals surface area (Å²) >= 11 is 0. The highest BCUT2D eigenvalue weighted by atomic mass is 16.7. The molecule has 0 aliphatic carbocycles. The summed E-state index contributed by atoms with van der Waals surface area (Å²) < 4.78 is 22.0. The maximum Gasteiger partial charge on any atom is 0.166 e. The third-order valence-electron chi connectivity index (χ3n) is 3.16. The fraction of sp³-hybridized carbons (Fsp3) is 0.500. The molecule has 0 saturated carbocycles. The van der Waals surface area contributed by atoms with Gasteiger partial charge in [-0.3, -0.25) is 0 Å². The Morgan fingerprint density at radius 1 is 1.25 bits per heavy atom. The Labute approximate surface area is 120 Å². The number of para-hydroxylation sites is 1. The van der Waals surface area contributed by atoms with Crippen LogP contribution >= 0.6 is 0 Å². The van der Waals surface area contributed by atoms with E-state index in [1.54, 1.807) is 13.4 Å². The van der Waals surface area contributed by atoms with Crippen LogP contribution in [0.15, 0.2) is 30.5 Å². The fourth-order valence-electron chi connectivity index (χ4n) is 2.03. The molecule has 0 atom stereocenters. The van der Waals surface area contributed by atoms with E-state index < -0.39 is 0 Å². The Hall–Kier alpha value is -1.52. The van der Waals surface area contributed by atoms with Crippen molar-refractivity contribution < 1.29 is 18.9 Å². The minimum Gasteiger partial charge on any atom is -0.504 e. The zero-order valence-corrected chi connectivity index (χ0v) is 12.3. The highest BCUT2D eigenvalue weighted by molar-refractivity contribution is 5.56. The topological polar surface area (TPSA) is 36.9 Å². The third-order valence-corrected chi connectivity index (χ3v) is 3.16. The number of hydrogen-bond donors (Lipinski definition) is 0. The van der Waals surface area contributed by atoms with Gasteiger partial charge in [0, 0.05) is 11.0 Å². The van der Waals surface area contributed by atoms with Crippen molar-refractivity contribution in [1.29, 1.82) is 0 Å². The average Bonchev–Trinajstić information content (AvgIpc) is 2.99. The predicted molar refractivity (Wildman–Crippen MR) is 77.5 cm³/mol. The van der Waals surface area contributed by atoms with Crippen LogP contribution in [-0.4, -0.2) is 33.2 Å². The van der Waals surface area contributed by atoms with E-state index in [9.17, 15) is 0 Å². The number of ether oxygens (including phenoxy) is 4. The minimum absolute atomic E-state index is 0.200. The third kappa shape index (κ3) is 3.74. The zero-order valence-electron chi connectivity index (χ0n) is 12.3. The van der Waals surface area contributed by atoms with E-state index in [2.05, 4.69) is 13.8 Å². The number of rotatable bonds is 6. The lowest BCUT2D eigenvalue weighted by atomic mass is 9.94. The monoisotopic (exact) mass is 278 g/mol. The largest absolute Gasteiger partial charge is 0.504 e. The van der Waals surface area contributed by atoms with Gasteiger partial charge < -0.3 is 18.9 Å². The molecule has 0 spiro atoms. The number of hydrogen-bond acceptors (Lipinski definition) is 4. The van der Waals surface area contributed by atoms with Gasteiger partial charge in [-0.05, 0) is 12.1 Å². The van der Waals surface area contributed by atoms with E-state index in [0.29, 0.717) is 19.8 Å². The predicted octanol–water partition coefficient (Wildman–Crippen LogP) is 3.08. The number of benzene rings is 1. The Bertz CT molecular complexity index is 448. The van der Waals surface area contributed by atoms with Gasteiger partial charge in [-0.2, -0.15) is 0 Å². The lowest BCUT2D eigenvalue weighted by Gasteiger charge is -2.29. The molecule has 4 nitrogen and oxygen atoms in total. The quantitative estimate of drug-likeness (QED) is 0.749. The molecule has 0 radical (unpaired) electrons. The molecule has 1 saturated heterocycles. The maximum absolute atomic E-state index is 5.94. The summed E-state index contributed by atoms with van der Waals surface area (Å²) in [5, 5.41) is 0. The first kappa shape index (κ1) is 14.9. The molecular weight excluding hydrogens is 256 g/mol. The summed E-state index contributed by atoms with van der Waals surface area (Å²) in [6, 6.07) is 7.85. The molecule has 110 valence electrons. The standard InChI is InChI=1S/C16H22O4/c1-16(2,15-18-10-11-19-15)12-20-14-7-5-4-6-13(14)8-9-17-3/h4-9,15H,10-12H2,1-3H3. The fourth-order valence-corrected chi connectivity index (χ4v) is 2.03. The molecule has 1 aliphatic heterocycles. The molecule has 1 aromatic carbocycles. The van der Waals surface area contributed by atoms with Gasteiger partial charge in [0.25, 0.3) is 0 Å². The molecule has 1 aliphatic rings. The first-order chi connectivity index (χ1) is 9.63. The van der Waals surface area contributed by atoms with Crippen LogP contribution in [0.4, 0.5) is 0 Å². The van der Waals surface area contributed by atoms with Gasteiger partial charge in [0.15, 0.2) is 6.29 Å². The van der Waals surface area contributed by atoms with Crippen molar-refractivity contribution in [2.75, 3.05) is 26.9 Å². The second kappa shape index (κ2) is 6.77.